The Hall–Kier alpha value is -1.44. The average Bonchev–Trinajstić information content (AvgIpc) is 3.48. The molecule has 224 valence electrons. The maximum absolute atomic E-state index is 13.0. The predicted octanol–water partition coefficient (Wildman–Crippen LogP) is -0.278. The van der Waals surface area contributed by atoms with Crippen molar-refractivity contribution in [2.75, 3.05) is 13.2 Å². The van der Waals surface area contributed by atoms with E-state index in [1.807, 2.05) is 0 Å². The normalized spacial score (nSPS) is 54.1. The smallest absolute Gasteiger partial charge is 0.331 e. The molecule has 6 rings (SSSR count). The zero-order valence-corrected chi connectivity index (χ0v) is 22.9. The molecule has 6 aliphatic rings. The SMILES string of the molecule is C[C@]12CC[C@@H]3[C@H](CC[C@]4(O)C[C@@H](O[C@@H]5O[C@H](CO)[C@@H](O)[C@H](O)[C@H]5O)CC[C@]34C=O)[C@@]1(O)CC[C@@H]2C1=CC(=O)OC1. The fourth-order valence-electron chi connectivity index (χ4n) is 9.80. The van der Waals surface area contributed by atoms with E-state index in [1.165, 1.54) is 0 Å². The zero-order valence-electron chi connectivity index (χ0n) is 22.9. The summed E-state index contributed by atoms with van der Waals surface area (Å²) in [5.74, 6) is -0.707. The van der Waals surface area contributed by atoms with Crippen LogP contribution in [0.25, 0.3) is 0 Å². The minimum Gasteiger partial charge on any atom is -0.458 e. The first kappa shape index (κ1) is 28.7. The van der Waals surface area contributed by atoms with Crippen LogP contribution in [0.5, 0.6) is 0 Å². The Morgan fingerprint density at radius 2 is 1.75 bits per heavy atom. The molecule has 5 fully saturated rings. The van der Waals surface area contributed by atoms with Crippen LogP contribution in [0, 0.1) is 28.6 Å². The average molecular weight is 567 g/mol. The van der Waals surface area contributed by atoms with E-state index in [9.17, 15) is 40.2 Å². The number of ether oxygens (including phenoxy) is 3. The molecule has 0 radical (unpaired) electrons. The van der Waals surface area contributed by atoms with E-state index in [4.69, 9.17) is 14.2 Å². The summed E-state index contributed by atoms with van der Waals surface area (Å²) in [7, 11) is 0. The predicted molar refractivity (Wildman–Crippen MR) is 136 cm³/mol. The fraction of sp³-hybridized carbons (Fsp3) is 0.862. The lowest BCUT2D eigenvalue weighted by Crippen LogP contribution is -2.69. The molecule has 2 heterocycles. The monoisotopic (exact) mass is 566 g/mol. The van der Waals surface area contributed by atoms with Gasteiger partial charge in [-0.15, -0.1) is 0 Å². The van der Waals surface area contributed by atoms with E-state index in [2.05, 4.69) is 6.92 Å². The van der Waals surface area contributed by atoms with Gasteiger partial charge in [0.15, 0.2) is 6.29 Å². The number of cyclic esters (lactones) is 1. The summed E-state index contributed by atoms with van der Waals surface area (Å²) in [5.41, 5.74) is -3.01. The molecule has 0 spiro atoms. The molecule has 11 nitrogen and oxygen atoms in total. The van der Waals surface area contributed by atoms with Crippen LogP contribution in [0.3, 0.4) is 0 Å². The Morgan fingerprint density at radius 3 is 2.42 bits per heavy atom. The molecule has 1 saturated heterocycles. The van der Waals surface area contributed by atoms with Crippen molar-refractivity contribution in [2.24, 2.45) is 28.6 Å². The Labute approximate surface area is 233 Å². The van der Waals surface area contributed by atoms with E-state index in [-0.39, 0.29) is 36.8 Å². The molecular weight excluding hydrogens is 524 g/mol. The van der Waals surface area contributed by atoms with Gasteiger partial charge in [-0.25, -0.2) is 4.79 Å². The summed E-state index contributed by atoms with van der Waals surface area (Å²) < 4.78 is 16.7. The first-order valence-electron chi connectivity index (χ1n) is 14.7. The molecule has 13 atom stereocenters. The summed E-state index contributed by atoms with van der Waals surface area (Å²) >= 11 is 0. The molecule has 0 unspecified atom stereocenters. The minimum absolute atomic E-state index is 0.0283. The van der Waals surface area contributed by atoms with Gasteiger partial charge < -0.3 is 49.6 Å². The fourth-order valence-corrected chi connectivity index (χ4v) is 9.80. The van der Waals surface area contributed by atoms with Gasteiger partial charge in [0, 0.05) is 17.9 Å². The second-order valence-corrected chi connectivity index (χ2v) is 13.4. The third-order valence-electron chi connectivity index (χ3n) is 12.0. The highest BCUT2D eigenvalue weighted by Crippen LogP contribution is 2.70. The molecule has 0 bridgehead atoms. The number of fused-ring (bicyclic) bond motifs is 5. The number of aliphatic hydroxyl groups excluding tert-OH is 4. The van der Waals surface area contributed by atoms with Crippen molar-refractivity contribution >= 4 is 12.3 Å². The summed E-state index contributed by atoms with van der Waals surface area (Å²) in [4.78, 5) is 24.8. The Morgan fingerprint density at radius 1 is 1.00 bits per heavy atom. The molecule has 2 aliphatic heterocycles. The van der Waals surface area contributed by atoms with Crippen LogP contribution in [0.2, 0.25) is 0 Å². The summed E-state index contributed by atoms with van der Waals surface area (Å²) in [6, 6.07) is 0. The van der Waals surface area contributed by atoms with Crippen molar-refractivity contribution in [3.63, 3.8) is 0 Å². The number of carbonyl (C=O) groups is 2. The van der Waals surface area contributed by atoms with Crippen LogP contribution in [-0.2, 0) is 23.8 Å². The maximum atomic E-state index is 13.0. The van der Waals surface area contributed by atoms with Gasteiger partial charge in [0.2, 0.25) is 0 Å². The molecule has 4 aliphatic carbocycles. The molecule has 0 aromatic heterocycles. The van der Waals surface area contributed by atoms with E-state index < -0.39 is 65.4 Å². The molecule has 4 saturated carbocycles. The number of aldehydes is 1. The summed E-state index contributed by atoms with van der Waals surface area (Å²) in [6.07, 6.45) is -0.809. The van der Waals surface area contributed by atoms with Crippen molar-refractivity contribution in [3.05, 3.63) is 11.6 Å². The highest BCUT2D eigenvalue weighted by molar-refractivity contribution is 5.85. The van der Waals surface area contributed by atoms with E-state index in [0.717, 1.165) is 18.3 Å². The number of hydrogen-bond acceptors (Lipinski definition) is 11. The molecule has 6 N–H and O–H groups in total. The lowest BCUT2D eigenvalue weighted by molar-refractivity contribution is -0.322. The van der Waals surface area contributed by atoms with Crippen molar-refractivity contribution in [1.82, 2.24) is 0 Å². The van der Waals surface area contributed by atoms with Crippen molar-refractivity contribution in [1.29, 1.82) is 0 Å². The van der Waals surface area contributed by atoms with Gasteiger partial charge in [-0.1, -0.05) is 6.92 Å². The van der Waals surface area contributed by atoms with Gasteiger partial charge in [0.1, 0.15) is 37.3 Å². The number of aliphatic hydroxyl groups is 6. The van der Waals surface area contributed by atoms with E-state index in [0.29, 0.717) is 44.9 Å². The first-order chi connectivity index (χ1) is 18.9. The maximum Gasteiger partial charge on any atom is 0.331 e. The topological polar surface area (TPSA) is 183 Å². The van der Waals surface area contributed by atoms with Gasteiger partial charge >= 0.3 is 5.97 Å². The largest absolute Gasteiger partial charge is 0.458 e. The number of rotatable bonds is 5. The molecule has 0 amide bonds. The molecule has 40 heavy (non-hydrogen) atoms. The zero-order chi connectivity index (χ0) is 28.7. The lowest BCUT2D eigenvalue weighted by atomic mass is 9.41. The van der Waals surface area contributed by atoms with Gasteiger partial charge in [0.25, 0.3) is 0 Å². The van der Waals surface area contributed by atoms with Crippen LogP contribution in [0.4, 0.5) is 0 Å². The molecule has 11 heteroatoms. The Bertz CT molecular complexity index is 1060. The lowest BCUT2D eigenvalue weighted by Gasteiger charge is -2.65. The standard InChI is InChI=1S/C29H42O11/c1-26-6-3-18-19(29(26,37)9-5-17(26)15-10-21(32)38-13-15)4-8-28(36)11-16(2-7-27(18,28)14-31)39-25-24(35)23(34)22(33)20(12-30)40-25/h10,14,16-20,22-25,30,33-37H,2-9,11-13H2,1H3/t16-,17+,18+,19-,20+,22+,23-,24+,25+,26+,27-,28-,29-/m0/s1. The second-order valence-electron chi connectivity index (χ2n) is 13.4. The Kier molecular flexibility index (Phi) is 7.03. The van der Waals surface area contributed by atoms with Gasteiger partial charge in [0.05, 0.1) is 29.3 Å². The minimum atomic E-state index is -1.57. The van der Waals surface area contributed by atoms with Crippen LogP contribution < -0.4 is 0 Å². The quantitative estimate of drug-likeness (QED) is 0.146. The number of esters is 1. The third-order valence-corrected chi connectivity index (χ3v) is 12.0. The second kappa shape index (κ2) is 9.80. The van der Waals surface area contributed by atoms with Gasteiger partial charge in [-0.3, -0.25) is 0 Å². The number of carbonyl (C=O) groups excluding carboxylic acids is 2. The van der Waals surface area contributed by atoms with Crippen molar-refractivity contribution in [3.8, 4) is 0 Å². The van der Waals surface area contributed by atoms with Gasteiger partial charge in [-0.05, 0) is 74.7 Å². The molecule has 0 aromatic rings. The van der Waals surface area contributed by atoms with Crippen LogP contribution in [0.1, 0.15) is 64.7 Å². The van der Waals surface area contributed by atoms with Crippen molar-refractivity contribution < 1.29 is 54.4 Å². The number of hydrogen-bond donors (Lipinski definition) is 6. The van der Waals surface area contributed by atoms with Crippen LogP contribution in [-0.4, -0.2) is 104 Å². The van der Waals surface area contributed by atoms with Crippen LogP contribution >= 0.6 is 0 Å². The highest BCUT2D eigenvalue weighted by Gasteiger charge is 2.71. The molecule has 0 aromatic carbocycles. The highest BCUT2D eigenvalue weighted by atomic mass is 16.7. The third kappa shape index (κ3) is 3.85. The van der Waals surface area contributed by atoms with Crippen LogP contribution in [0.15, 0.2) is 11.6 Å². The van der Waals surface area contributed by atoms with E-state index >= 15 is 0 Å². The van der Waals surface area contributed by atoms with E-state index in [1.54, 1.807) is 6.08 Å². The Balaban J connectivity index is 1.22. The summed E-state index contributed by atoms with van der Waals surface area (Å²) in [5, 5.41) is 64.6. The van der Waals surface area contributed by atoms with Gasteiger partial charge in [-0.2, -0.15) is 0 Å². The first-order valence-corrected chi connectivity index (χ1v) is 14.7. The summed E-state index contributed by atoms with van der Waals surface area (Å²) in [6.45, 7) is 1.79. The molecular formula is C29H42O11. The van der Waals surface area contributed by atoms with Crippen molar-refractivity contribution in [2.45, 2.75) is 113 Å².